The normalized spacial score (nSPS) is 12.5. The Morgan fingerprint density at radius 2 is 2.21 bits per heavy atom. The van der Waals surface area contributed by atoms with Gasteiger partial charge in [0, 0.05) is 24.2 Å². The van der Waals surface area contributed by atoms with Crippen molar-refractivity contribution >= 4 is 44.4 Å². The molecule has 0 fully saturated rings. The van der Waals surface area contributed by atoms with Crippen LogP contribution in [-0.2, 0) is 16.1 Å². The fourth-order valence-corrected chi connectivity index (χ4v) is 3.47. The highest BCUT2D eigenvalue weighted by Gasteiger charge is 2.17. The molecule has 0 saturated heterocycles. The van der Waals surface area contributed by atoms with Crippen molar-refractivity contribution in [3.8, 4) is 0 Å². The van der Waals surface area contributed by atoms with Crippen molar-refractivity contribution in [3.63, 3.8) is 0 Å². The predicted octanol–water partition coefficient (Wildman–Crippen LogP) is 3.66. The molecule has 0 amide bonds. The number of halogens is 1. The second-order valence-electron chi connectivity index (χ2n) is 5.43. The first-order chi connectivity index (χ1) is 11.4. The van der Waals surface area contributed by atoms with Gasteiger partial charge in [0.25, 0.3) is 5.56 Å². The third-order valence-corrected chi connectivity index (χ3v) is 5.31. The van der Waals surface area contributed by atoms with Crippen molar-refractivity contribution < 1.29 is 9.53 Å². The number of hydrogen-bond donors (Lipinski definition) is 0. The van der Waals surface area contributed by atoms with Gasteiger partial charge in [0.15, 0.2) is 5.16 Å². The van der Waals surface area contributed by atoms with Crippen LogP contribution in [0.15, 0.2) is 32.6 Å². The monoisotopic (exact) mass is 412 g/mol. The van der Waals surface area contributed by atoms with E-state index in [0.717, 1.165) is 10.9 Å². The zero-order valence-electron chi connectivity index (χ0n) is 14.0. The maximum atomic E-state index is 12.9. The minimum Gasteiger partial charge on any atom is -0.382 e. The molecule has 1 aromatic heterocycles. The highest BCUT2D eigenvalue weighted by Crippen LogP contribution is 2.24. The number of ketones is 1. The number of ether oxygens (including phenoxy) is 1. The third kappa shape index (κ3) is 4.68. The molecule has 0 aliphatic rings. The predicted molar refractivity (Wildman–Crippen MR) is 101 cm³/mol. The van der Waals surface area contributed by atoms with E-state index in [-0.39, 0.29) is 16.6 Å². The molecule has 0 radical (unpaired) electrons. The number of thioether (sulfide) groups is 1. The van der Waals surface area contributed by atoms with E-state index >= 15 is 0 Å². The summed E-state index contributed by atoms with van der Waals surface area (Å²) in [7, 11) is 0. The minimum atomic E-state index is -0.247. The summed E-state index contributed by atoms with van der Waals surface area (Å²) in [6.45, 7) is 7.08. The maximum Gasteiger partial charge on any atom is 0.262 e. The third-order valence-electron chi connectivity index (χ3n) is 3.61. The van der Waals surface area contributed by atoms with Gasteiger partial charge in [-0.15, -0.1) is 0 Å². The minimum absolute atomic E-state index is 0.0611. The second-order valence-corrected chi connectivity index (χ2v) is 7.66. The van der Waals surface area contributed by atoms with Crippen LogP contribution in [-0.4, -0.2) is 33.8 Å². The molecule has 2 aromatic rings. The Balaban J connectivity index is 2.45. The molecule has 1 unspecified atom stereocenters. The molecule has 0 aliphatic carbocycles. The SMILES string of the molecule is CCOCCCn1c(SC(C)C(C)=O)nc2ccc(Br)cc2c1=O. The quantitative estimate of drug-likeness (QED) is 0.376. The summed E-state index contributed by atoms with van der Waals surface area (Å²) in [5.41, 5.74) is 0.554. The molecule has 0 saturated carbocycles. The van der Waals surface area contributed by atoms with E-state index in [1.807, 2.05) is 26.0 Å². The molecule has 0 spiro atoms. The molecule has 0 aliphatic heterocycles. The Labute approximate surface area is 153 Å². The Morgan fingerprint density at radius 3 is 2.88 bits per heavy atom. The van der Waals surface area contributed by atoms with Crippen LogP contribution >= 0.6 is 27.7 Å². The highest BCUT2D eigenvalue weighted by molar-refractivity contribution is 9.10. The van der Waals surface area contributed by atoms with Crippen LogP contribution < -0.4 is 5.56 Å². The Hall–Kier alpha value is -1.18. The van der Waals surface area contributed by atoms with Gasteiger partial charge in [-0.05, 0) is 45.4 Å². The summed E-state index contributed by atoms with van der Waals surface area (Å²) >= 11 is 4.72. The molecular weight excluding hydrogens is 392 g/mol. The van der Waals surface area contributed by atoms with Gasteiger partial charge in [-0.25, -0.2) is 4.98 Å². The van der Waals surface area contributed by atoms with E-state index in [9.17, 15) is 9.59 Å². The van der Waals surface area contributed by atoms with Crippen molar-refractivity contribution in [3.05, 3.63) is 33.0 Å². The molecule has 1 atom stereocenters. The number of Topliss-reactive ketones (excluding diaryl/α,β-unsaturated/α-hetero) is 1. The standard InChI is InChI=1S/C17H21BrN2O3S/c1-4-23-9-5-8-20-16(22)14-10-13(18)6-7-15(14)19-17(20)24-12(3)11(2)21/h6-7,10,12H,4-5,8-9H2,1-3H3. The Morgan fingerprint density at radius 1 is 1.46 bits per heavy atom. The molecule has 7 heteroatoms. The van der Waals surface area contributed by atoms with Crippen LogP contribution in [0.5, 0.6) is 0 Å². The van der Waals surface area contributed by atoms with E-state index in [4.69, 9.17) is 4.74 Å². The van der Waals surface area contributed by atoms with Crippen molar-refractivity contribution in [1.29, 1.82) is 0 Å². The van der Waals surface area contributed by atoms with Crippen LogP contribution in [0, 0.1) is 0 Å². The molecule has 5 nitrogen and oxygen atoms in total. The van der Waals surface area contributed by atoms with Gasteiger partial charge in [0.2, 0.25) is 0 Å². The molecule has 130 valence electrons. The van der Waals surface area contributed by atoms with Crippen molar-refractivity contribution in [1.82, 2.24) is 9.55 Å². The zero-order valence-corrected chi connectivity index (χ0v) is 16.4. The summed E-state index contributed by atoms with van der Waals surface area (Å²) in [4.78, 5) is 29.1. The number of fused-ring (bicyclic) bond motifs is 1. The van der Waals surface area contributed by atoms with E-state index in [2.05, 4.69) is 20.9 Å². The molecule has 2 rings (SSSR count). The Kier molecular flexibility index (Phi) is 7.01. The lowest BCUT2D eigenvalue weighted by Gasteiger charge is -2.15. The van der Waals surface area contributed by atoms with Gasteiger partial charge in [0.1, 0.15) is 5.78 Å². The van der Waals surface area contributed by atoms with Crippen molar-refractivity contribution in [2.24, 2.45) is 0 Å². The van der Waals surface area contributed by atoms with Gasteiger partial charge in [-0.1, -0.05) is 27.7 Å². The number of carbonyl (C=O) groups excluding carboxylic acids is 1. The first kappa shape index (κ1) is 19.1. The molecule has 0 bridgehead atoms. The van der Waals surface area contributed by atoms with E-state index < -0.39 is 0 Å². The smallest absolute Gasteiger partial charge is 0.262 e. The van der Waals surface area contributed by atoms with Gasteiger partial charge >= 0.3 is 0 Å². The van der Waals surface area contributed by atoms with Gasteiger partial charge in [-0.3, -0.25) is 14.2 Å². The highest BCUT2D eigenvalue weighted by atomic mass is 79.9. The number of carbonyl (C=O) groups is 1. The summed E-state index contributed by atoms with van der Waals surface area (Å²) in [5.74, 6) is 0.0611. The van der Waals surface area contributed by atoms with Gasteiger partial charge in [-0.2, -0.15) is 0 Å². The Bertz CT molecular complexity index is 791. The first-order valence-electron chi connectivity index (χ1n) is 7.89. The van der Waals surface area contributed by atoms with Crippen LogP contribution in [0.2, 0.25) is 0 Å². The fourth-order valence-electron chi connectivity index (χ4n) is 2.17. The van der Waals surface area contributed by atoms with E-state index in [0.29, 0.717) is 35.8 Å². The number of nitrogens with zero attached hydrogens (tertiary/aromatic N) is 2. The molecule has 1 aromatic carbocycles. The number of hydrogen-bond acceptors (Lipinski definition) is 5. The summed E-state index contributed by atoms with van der Waals surface area (Å²) in [5, 5.41) is 0.901. The summed E-state index contributed by atoms with van der Waals surface area (Å²) in [6.07, 6.45) is 0.719. The van der Waals surface area contributed by atoms with Crippen molar-refractivity contribution in [2.75, 3.05) is 13.2 Å². The number of aromatic nitrogens is 2. The van der Waals surface area contributed by atoms with Gasteiger partial charge < -0.3 is 4.74 Å². The van der Waals surface area contributed by atoms with Crippen LogP contribution in [0.4, 0.5) is 0 Å². The largest absolute Gasteiger partial charge is 0.382 e. The lowest BCUT2D eigenvalue weighted by atomic mass is 10.2. The van der Waals surface area contributed by atoms with Crippen molar-refractivity contribution in [2.45, 2.75) is 44.1 Å². The van der Waals surface area contributed by atoms with Crippen LogP contribution in [0.25, 0.3) is 10.9 Å². The lowest BCUT2D eigenvalue weighted by molar-refractivity contribution is -0.116. The molecule has 1 heterocycles. The molecule has 0 N–H and O–H groups in total. The molecule has 24 heavy (non-hydrogen) atoms. The van der Waals surface area contributed by atoms with Gasteiger partial charge in [0.05, 0.1) is 16.2 Å². The topological polar surface area (TPSA) is 61.2 Å². The number of benzene rings is 1. The fraction of sp³-hybridized carbons (Fsp3) is 0.471. The first-order valence-corrected chi connectivity index (χ1v) is 9.56. The average molecular weight is 413 g/mol. The zero-order chi connectivity index (χ0) is 17.7. The van der Waals surface area contributed by atoms with E-state index in [1.54, 1.807) is 17.6 Å². The van der Waals surface area contributed by atoms with E-state index in [1.165, 1.54) is 11.8 Å². The summed E-state index contributed by atoms with van der Waals surface area (Å²) in [6, 6.07) is 5.46. The summed E-state index contributed by atoms with van der Waals surface area (Å²) < 4.78 is 7.85. The van der Waals surface area contributed by atoms with Crippen LogP contribution in [0.3, 0.4) is 0 Å². The average Bonchev–Trinajstić information content (AvgIpc) is 2.54. The van der Waals surface area contributed by atoms with Crippen LogP contribution in [0.1, 0.15) is 27.2 Å². The maximum absolute atomic E-state index is 12.9. The lowest BCUT2D eigenvalue weighted by Crippen LogP contribution is -2.25. The number of rotatable bonds is 8. The second kappa shape index (κ2) is 8.78. The molecular formula is C17H21BrN2O3S.